The number of aromatic nitrogens is 2. The molecule has 0 aliphatic rings. The third kappa shape index (κ3) is 5.75. The number of aliphatic imine (C=N–C) groups is 1. The third-order valence-corrected chi connectivity index (χ3v) is 4.83. The van der Waals surface area contributed by atoms with Gasteiger partial charge in [0.25, 0.3) is 0 Å². The first-order valence-corrected chi connectivity index (χ1v) is 10.1. The molecule has 9 heteroatoms. The Kier molecular flexibility index (Phi) is 7.64. The number of nitrogens with one attached hydrogen (secondary N) is 2. The van der Waals surface area contributed by atoms with E-state index in [4.69, 9.17) is 4.74 Å². The molecule has 7 nitrogen and oxygen atoms in total. The molecule has 0 aliphatic carbocycles. The molecular formula is C23H27F2N5O2. The summed E-state index contributed by atoms with van der Waals surface area (Å²) in [5, 5.41) is 11.0. The Hall–Kier alpha value is -3.62. The fourth-order valence-corrected chi connectivity index (χ4v) is 3.35. The predicted molar refractivity (Wildman–Crippen MR) is 120 cm³/mol. The minimum atomic E-state index is -2.91. The summed E-state index contributed by atoms with van der Waals surface area (Å²) >= 11 is 0. The number of para-hydroxylation sites is 1. The van der Waals surface area contributed by atoms with E-state index in [0.29, 0.717) is 23.8 Å². The molecule has 0 fully saturated rings. The van der Waals surface area contributed by atoms with Gasteiger partial charge in [-0.2, -0.15) is 13.9 Å². The summed E-state index contributed by atoms with van der Waals surface area (Å²) in [5.74, 6) is 1.14. The highest BCUT2D eigenvalue weighted by Crippen LogP contribution is 2.25. The van der Waals surface area contributed by atoms with Crippen molar-refractivity contribution in [2.75, 3.05) is 14.2 Å². The fraction of sp³-hybridized carbons (Fsp3) is 0.304. The molecule has 0 unspecified atom stereocenters. The molecule has 0 aliphatic heterocycles. The van der Waals surface area contributed by atoms with Crippen LogP contribution < -0.4 is 20.1 Å². The zero-order chi connectivity index (χ0) is 23.1. The molecule has 0 saturated carbocycles. The van der Waals surface area contributed by atoms with Gasteiger partial charge in [-0.1, -0.05) is 18.2 Å². The number of ether oxygens (including phenoxy) is 2. The van der Waals surface area contributed by atoms with Gasteiger partial charge in [0.1, 0.15) is 11.5 Å². The number of alkyl halides is 2. The topological polar surface area (TPSA) is 72.7 Å². The largest absolute Gasteiger partial charge is 0.497 e. The lowest BCUT2D eigenvalue weighted by atomic mass is 10.1. The zero-order valence-electron chi connectivity index (χ0n) is 18.5. The second kappa shape index (κ2) is 10.6. The summed E-state index contributed by atoms with van der Waals surface area (Å²) in [4.78, 5) is 4.23. The number of guanidine groups is 1. The Morgan fingerprint density at radius 3 is 2.41 bits per heavy atom. The van der Waals surface area contributed by atoms with Crippen LogP contribution in [0.1, 0.15) is 22.5 Å². The van der Waals surface area contributed by atoms with E-state index in [2.05, 4.69) is 25.5 Å². The maximum atomic E-state index is 12.7. The van der Waals surface area contributed by atoms with Gasteiger partial charge in [0.2, 0.25) is 0 Å². The number of benzene rings is 2. The van der Waals surface area contributed by atoms with Gasteiger partial charge in [-0.05, 0) is 49.7 Å². The molecule has 1 heterocycles. The van der Waals surface area contributed by atoms with Gasteiger partial charge in [0.05, 0.1) is 18.5 Å². The van der Waals surface area contributed by atoms with Crippen molar-refractivity contribution in [3.63, 3.8) is 0 Å². The van der Waals surface area contributed by atoms with Crippen molar-refractivity contribution in [1.82, 2.24) is 20.4 Å². The van der Waals surface area contributed by atoms with E-state index >= 15 is 0 Å². The summed E-state index contributed by atoms with van der Waals surface area (Å²) in [5.41, 5.74) is 4.52. The standard InChI is InChI=1S/C23H27F2N5O2/c1-15-11-16(2)30(29-15)20-8-6-5-7-17(20)13-27-23(26-3)28-14-18-12-19(31-4)9-10-21(18)32-22(24)25/h5-12,22H,13-14H2,1-4H3,(H2,26,27,28). The smallest absolute Gasteiger partial charge is 0.387 e. The van der Waals surface area contributed by atoms with Gasteiger partial charge in [0.15, 0.2) is 5.96 Å². The number of rotatable bonds is 8. The molecule has 0 amide bonds. The van der Waals surface area contributed by atoms with Crippen LogP contribution in [0.4, 0.5) is 8.78 Å². The van der Waals surface area contributed by atoms with Crippen molar-refractivity contribution in [3.8, 4) is 17.2 Å². The van der Waals surface area contributed by atoms with Crippen LogP contribution in [0.15, 0.2) is 53.5 Å². The average molecular weight is 443 g/mol. The minimum Gasteiger partial charge on any atom is -0.497 e. The molecule has 3 aromatic rings. The quantitative estimate of drug-likeness (QED) is 0.407. The van der Waals surface area contributed by atoms with E-state index in [9.17, 15) is 8.78 Å². The zero-order valence-corrected chi connectivity index (χ0v) is 18.5. The van der Waals surface area contributed by atoms with Crippen molar-refractivity contribution >= 4 is 5.96 Å². The molecule has 0 bridgehead atoms. The lowest BCUT2D eigenvalue weighted by Crippen LogP contribution is -2.36. The van der Waals surface area contributed by atoms with Crippen LogP contribution in [0, 0.1) is 13.8 Å². The number of hydrogen-bond donors (Lipinski definition) is 2. The molecular weight excluding hydrogens is 416 g/mol. The number of hydrogen-bond acceptors (Lipinski definition) is 4. The molecule has 3 rings (SSSR count). The van der Waals surface area contributed by atoms with Crippen molar-refractivity contribution in [2.45, 2.75) is 33.5 Å². The molecule has 0 radical (unpaired) electrons. The van der Waals surface area contributed by atoms with Gasteiger partial charge >= 0.3 is 6.61 Å². The molecule has 170 valence electrons. The van der Waals surface area contributed by atoms with Crippen LogP contribution >= 0.6 is 0 Å². The number of nitrogens with zero attached hydrogens (tertiary/aromatic N) is 3. The van der Waals surface area contributed by atoms with Crippen LogP contribution in [0.5, 0.6) is 11.5 Å². The Morgan fingerprint density at radius 2 is 1.78 bits per heavy atom. The predicted octanol–water partition coefficient (Wildman–Crippen LogP) is 3.96. The van der Waals surface area contributed by atoms with Crippen LogP contribution in [0.3, 0.4) is 0 Å². The molecule has 2 aromatic carbocycles. The van der Waals surface area contributed by atoms with Gasteiger partial charge in [-0.3, -0.25) is 4.99 Å². The monoisotopic (exact) mass is 443 g/mol. The highest BCUT2D eigenvalue weighted by atomic mass is 19.3. The number of aryl methyl sites for hydroxylation is 2. The summed E-state index contributed by atoms with van der Waals surface area (Å²) in [6, 6.07) is 14.7. The Labute approximate surface area is 186 Å². The van der Waals surface area contributed by atoms with Crippen LogP contribution in [0.25, 0.3) is 5.69 Å². The summed E-state index contributed by atoms with van der Waals surface area (Å²) in [6.07, 6.45) is 0. The van der Waals surface area contributed by atoms with Gasteiger partial charge in [-0.15, -0.1) is 0 Å². The first-order valence-electron chi connectivity index (χ1n) is 10.1. The SMILES string of the molecule is CN=C(NCc1cc(OC)ccc1OC(F)F)NCc1ccccc1-n1nc(C)cc1C. The Balaban J connectivity index is 1.70. The summed E-state index contributed by atoms with van der Waals surface area (Å²) < 4.78 is 37.2. The van der Waals surface area contributed by atoms with Crippen molar-refractivity contribution in [3.05, 3.63) is 71.0 Å². The van der Waals surface area contributed by atoms with E-state index in [1.54, 1.807) is 19.2 Å². The van der Waals surface area contributed by atoms with E-state index in [-0.39, 0.29) is 12.3 Å². The number of halogens is 2. The normalized spacial score (nSPS) is 11.5. The molecule has 2 N–H and O–H groups in total. The lowest BCUT2D eigenvalue weighted by molar-refractivity contribution is -0.0505. The van der Waals surface area contributed by atoms with E-state index < -0.39 is 6.61 Å². The fourth-order valence-electron chi connectivity index (χ4n) is 3.35. The van der Waals surface area contributed by atoms with Crippen molar-refractivity contribution < 1.29 is 18.3 Å². The third-order valence-electron chi connectivity index (χ3n) is 4.83. The average Bonchev–Trinajstić information content (AvgIpc) is 3.12. The maximum Gasteiger partial charge on any atom is 0.387 e. The van der Waals surface area contributed by atoms with Crippen LogP contribution in [-0.4, -0.2) is 36.5 Å². The van der Waals surface area contributed by atoms with E-state index in [1.165, 1.54) is 13.2 Å². The van der Waals surface area contributed by atoms with Crippen LogP contribution in [0.2, 0.25) is 0 Å². The molecule has 32 heavy (non-hydrogen) atoms. The van der Waals surface area contributed by atoms with Gasteiger partial charge < -0.3 is 20.1 Å². The van der Waals surface area contributed by atoms with Gasteiger partial charge in [-0.25, -0.2) is 4.68 Å². The maximum absolute atomic E-state index is 12.7. The lowest BCUT2D eigenvalue weighted by Gasteiger charge is -2.17. The minimum absolute atomic E-state index is 0.0821. The van der Waals surface area contributed by atoms with Gasteiger partial charge in [0, 0.05) is 31.4 Å². The first-order chi connectivity index (χ1) is 15.4. The highest BCUT2D eigenvalue weighted by molar-refractivity contribution is 5.79. The van der Waals surface area contributed by atoms with Crippen molar-refractivity contribution in [1.29, 1.82) is 0 Å². The summed E-state index contributed by atoms with van der Waals surface area (Å²) in [6.45, 7) is 1.77. The molecule has 0 atom stereocenters. The first kappa shape index (κ1) is 23.1. The highest BCUT2D eigenvalue weighted by Gasteiger charge is 2.13. The van der Waals surface area contributed by atoms with Crippen LogP contribution in [-0.2, 0) is 13.1 Å². The molecule has 0 saturated heterocycles. The number of methoxy groups -OCH3 is 1. The second-order valence-corrected chi connectivity index (χ2v) is 7.10. The molecule has 1 aromatic heterocycles. The van der Waals surface area contributed by atoms with Crippen molar-refractivity contribution in [2.24, 2.45) is 4.99 Å². The van der Waals surface area contributed by atoms with E-state index in [1.807, 2.05) is 48.9 Å². The molecule has 0 spiro atoms. The Morgan fingerprint density at radius 1 is 1.06 bits per heavy atom. The summed E-state index contributed by atoms with van der Waals surface area (Å²) in [7, 11) is 3.16. The second-order valence-electron chi connectivity index (χ2n) is 7.10. The Bertz CT molecular complexity index is 1080. The van der Waals surface area contributed by atoms with E-state index in [0.717, 1.165) is 22.6 Å².